The van der Waals surface area contributed by atoms with Crippen molar-refractivity contribution >= 4 is 10.0 Å². The maximum Gasteiger partial charge on any atom is 0.211 e. The molecule has 2 unspecified atom stereocenters. The first-order valence-corrected chi connectivity index (χ1v) is 6.68. The van der Waals surface area contributed by atoms with Crippen LogP contribution in [0.3, 0.4) is 0 Å². The van der Waals surface area contributed by atoms with Gasteiger partial charge in [0.15, 0.2) is 0 Å². The Kier molecular flexibility index (Phi) is 3.74. The Balaban J connectivity index is 2.40. The average molecular weight is 205 g/mol. The van der Waals surface area contributed by atoms with Gasteiger partial charge in [0, 0.05) is 6.04 Å². The largest absolute Gasteiger partial charge is 0.212 e. The molecular formula is C9H19NO2S. The first-order chi connectivity index (χ1) is 6.03. The normalized spacial score (nSPS) is 29.4. The Labute approximate surface area is 81.0 Å². The van der Waals surface area contributed by atoms with Crippen molar-refractivity contribution in [3.8, 4) is 0 Å². The highest BCUT2D eigenvalue weighted by Crippen LogP contribution is 2.25. The molecule has 0 radical (unpaired) electrons. The van der Waals surface area contributed by atoms with Gasteiger partial charge in [-0.05, 0) is 31.6 Å². The third kappa shape index (κ3) is 3.65. The van der Waals surface area contributed by atoms with Crippen LogP contribution in [0.25, 0.3) is 0 Å². The lowest BCUT2D eigenvalue weighted by Gasteiger charge is -2.11. The summed E-state index contributed by atoms with van der Waals surface area (Å²) in [7, 11) is -2.99. The Morgan fingerprint density at radius 2 is 2.08 bits per heavy atom. The third-order valence-electron chi connectivity index (χ3n) is 2.51. The standard InChI is InChI=1S/C9H19NO2S/c1-3-6-13(11,12)10-9-5-4-8(2)7-9/h8-10H,3-7H2,1-2H3. The smallest absolute Gasteiger partial charge is 0.211 e. The molecule has 1 fully saturated rings. The molecule has 0 heterocycles. The van der Waals surface area contributed by atoms with Crippen molar-refractivity contribution in [2.45, 2.75) is 45.6 Å². The summed E-state index contributed by atoms with van der Waals surface area (Å²) in [6, 6.07) is 0.201. The SMILES string of the molecule is CCCS(=O)(=O)NC1CCC(C)C1. The molecule has 2 atom stereocenters. The van der Waals surface area contributed by atoms with Gasteiger partial charge in [-0.1, -0.05) is 13.8 Å². The zero-order valence-corrected chi connectivity index (χ0v) is 9.23. The summed E-state index contributed by atoms with van der Waals surface area (Å²) >= 11 is 0. The first-order valence-electron chi connectivity index (χ1n) is 5.03. The fourth-order valence-corrected chi connectivity index (χ4v) is 3.27. The van der Waals surface area contributed by atoms with E-state index in [1.807, 2.05) is 6.92 Å². The van der Waals surface area contributed by atoms with Crippen LogP contribution in [0, 0.1) is 5.92 Å². The Morgan fingerprint density at radius 3 is 2.54 bits per heavy atom. The van der Waals surface area contributed by atoms with E-state index in [9.17, 15) is 8.42 Å². The second-order valence-electron chi connectivity index (χ2n) is 4.05. The maximum atomic E-state index is 11.4. The van der Waals surface area contributed by atoms with Crippen molar-refractivity contribution in [3.63, 3.8) is 0 Å². The maximum absolute atomic E-state index is 11.4. The molecule has 0 aliphatic heterocycles. The quantitative estimate of drug-likeness (QED) is 0.756. The second kappa shape index (κ2) is 4.42. The van der Waals surface area contributed by atoms with Gasteiger partial charge in [0.25, 0.3) is 0 Å². The highest BCUT2D eigenvalue weighted by Gasteiger charge is 2.24. The van der Waals surface area contributed by atoms with Crippen molar-refractivity contribution in [3.05, 3.63) is 0 Å². The van der Waals surface area contributed by atoms with E-state index >= 15 is 0 Å². The molecule has 0 aromatic carbocycles. The van der Waals surface area contributed by atoms with Crippen LogP contribution in [0.15, 0.2) is 0 Å². The Morgan fingerprint density at radius 1 is 1.38 bits per heavy atom. The molecule has 0 saturated heterocycles. The van der Waals surface area contributed by atoms with Gasteiger partial charge in [0.05, 0.1) is 5.75 Å². The summed E-state index contributed by atoms with van der Waals surface area (Å²) in [5, 5.41) is 0. The summed E-state index contributed by atoms with van der Waals surface area (Å²) < 4.78 is 25.5. The zero-order valence-electron chi connectivity index (χ0n) is 8.41. The summed E-state index contributed by atoms with van der Waals surface area (Å²) in [4.78, 5) is 0. The molecule has 1 N–H and O–H groups in total. The van der Waals surface area contributed by atoms with E-state index in [1.165, 1.54) is 0 Å². The van der Waals surface area contributed by atoms with E-state index in [2.05, 4.69) is 11.6 Å². The zero-order chi connectivity index (χ0) is 9.90. The lowest BCUT2D eigenvalue weighted by Crippen LogP contribution is -2.34. The van der Waals surface area contributed by atoms with E-state index in [1.54, 1.807) is 0 Å². The summed E-state index contributed by atoms with van der Waals surface area (Å²) in [5.41, 5.74) is 0. The highest BCUT2D eigenvalue weighted by atomic mass is 32.2. The van der Waals surface area contributed by atoms with Crippen molar-refractivity contribution in [2.24, 2.45) is 5.92 Å². The van der Waals surface area contributed by atoms with Gasteiger partial charge in [0.1, 0.15) is 0 Å². The average Bonchev–Trinajstić information content (AvgIpc) is 2.34. The van der Waals surface area contributed by atoms with Crippen molar-refractivity contribution in [2.75, 3.05) is 5.75 Å². The van der Waals surface area contributed by atoms with E-state index in [0.29, 0.717) is 12.3 Å². The van der Waals surface area contributed by atoms with Crippen molar-refractivity contribution < 1.29 is 8.42 Å². The van der Waals surface area contributed by atoms with Gasteiger partial charge in [-0.15, -0.1) is 0 Å². The van der Waals surface area contributed by atoms with Crippen molar-refractivity contribution in [1.29, 1.82) is 0 Å². The van der Waals surface area contributed by atoms with Crippen molar-refractivity contribution in [1.82, 2.24) is 4.72 Å². The molecule has 1 aliphatic rings. The monoisotopic (exact) mass is 205 g/mol. The van der Waals surface area contributed by atoms with E-state index < -0.39 is 10.0 Å². The van der Waals surface area contributed by atoms with Gasteiger partial charge in [-0.2, -0.15) is 0 Å². The molecule has 0 amide bonds. The molecule has 0 aromatic heterocycles. The topological polar surface area (TPSA) is 46.2 Å². The molecule has 13 heavy (non-hydrogen) atoms. The summed E-state index contributed by atoms with van der Waals surface area (Å²) in [6.07, 6.45) is 3.85. The minimum atomic E-state index is -2.99. The molecule has 0 aromatic rings. The van der Waals surface area contributed by atoms with E-state index in [0.717, 1.165) is 19.3 Å². The Bertz CT molecular complexity index is 248. The van der Waals surface area contributed by atoms with Crippen LogP contribution < -0.4 is 4.72 Å². The number of rotatable bonds is 4. The number of hydrogen-bond donors (Lipinski definition) is 1. The Hall–Kier alpha value is -0.0900. The fourth-order valence-electron chi connectivity index (χ4n) is 1.90. The predicted molar refractivity (Wildman–Crippen MR) is 54.0 cm³/mol. The molecule has 4 heteroatoms. The molecule has 0 spiro atoms. The van der Waals surface area contributed by atoms with Crippen LogP contribution in [0.1, 0.15) is 39.5 Å². The summed E-state index contributed by atoms with van der Waals surface area (Å²) in [6.45, 7) is 4.06. The minimum absolute atomic E-state index is 0.201. The summed E-state index contributed by atoms with van der Waals surface area (Å²) in [5.74, 6) is 0.937. The molecule has 1 saturated carbocycles. The van der Waals surface area contributed by atoms with Crippen LogP contribution in [-0.2, 0) is 10.0 Å². The van der Waals surface area contributed by atoms with Crippen LogP contribution in [0.2, 0.25) is 0 Å². The van der Waals surface area contributed by atoms with Gasteiger partial charge in [-0.25, -0.2) is 13.1 Å². The third-order valence-corrected chi connectivity index (χ3v) is 4.15. The highest BCUT2D eigenvalue weighted by molar-refractivity contribution is 7.89. The molecule has 1 aliphatic carbocycles. The van der Waals surface area contributed by atoms with Crippen LogP contribution >= 0.6 is 0 Å². The number of sulfonamides is 1. The fraction of sp³-hybridized carbons (Fsp3) is 1.00. The lowest BCUT2D eigenvalue weighted by molar-refractivity contribution is 0.537. The van der Waals surface area contributed by atoms with Gasteiger partial charge in [-0.3, -0.25) is 0 Å². The van der Waals surface area contributed by atoms with Crippen LogP contribution in [0.5, 0.6) is 0 Å². The van der Waals surface area contributed by atoms with Gasteiger partial charge in [0.2, 0.25) is 10.0 Å². The van der Waals surface area contributed by atoms with E-state index in [4.69, 9.17) is 0 Å². The van der Waals surface area contributed by atoms with E-state index in [-0.39, 0.29) is 11.8 Å². The number of hydrogen-bond acceptors (Lipinski definition) is 2. The first kappa shape index (κ1) is 11.0. The predicted octanol–water partition coefficient (Wildman–Crippen LogP) is 1.50. The molecule has 1 rings (SSSR count). The van der Waals surface area contributed by atoms with Gasteiger partial charge < -0.3 is 0 Å². The molecule has 0 bridgehead atoms. The minimum Gasteiger partial charge on any atom is -0.212 e. The lowest BCUT2D eigenvalue weighted by atomic mass is 10.1. The van der Waals surface area contributed by atoms with Gasteiger partial charge >= 0.3 is 0 Å². The second-order valence-corrected chi connectivity index (χ2v) is 5.93. The van der Waals surface area contributed by atoms with Crippen LogP contribution in [-0.4, -0.2) is 20.2 Å². The molecule has 78 valence electrons. The van der Waals surface area contributed by atoms with Crippen LogP contribution in [0.4, 0.5) is 0 Å². The number of nitrogens with one attached hydrogen (secondary N) is 1. The molecule has 3 nitrogen and oxygen atoms in total. The molecular weight excluding hydrogens is 186 g/mol.